The van der Waals surface area contributed by atoms with Crippen LogP contribution in [0.2, 0.25) is 0 Å². The average Bonchev–Trinajstić information content (AvgIpc) is 2.46. The van der Waals surface area contributed by atoms with Gasteiger partial charge in [-0.3, -0.25) is 4.99 Å². The van der Waals surface area contributed by atoms with Crippen molar-refractivity contribution in [1.82, 2.24) is 0 Å². The molecule has 0 saturated heterocycles. The maximum atomic E-state index is 12.0. The zero-order chi connectivity index (χ0) is 14.4. The zero-order valence-electron chi connectivity index (χ0n) is 11.0. The maximum Gasteiger partial charge on any atom is 0.387 e. The lowest BCUT2D eigenvalue weighted by Crippen LogP contribution is -2.01. The second kappa shape index (κ2) is 6.80. The Labute approximate surface area is 116 Å². The van der Waals surface area contributed by atoms with Crippen LogP contribution in [0.4, 0.5) is 8.78 Å². The predicted molar refractivity (Wildman–Crippen MR) is 75.5 cm³/mol. The minimum absolute atomic E-state index is 0.0493. The highest BCUT2D eigenvalue weighted by molar-refractivity contribution is 5.79. The van der Waals surface area contributed by atoms with Crippen LogP contribution in [-0.4, -0.2) is 12.8 Å². The van der Waals surface area contributed by atoms with Crippen molar-refractivity contribution < 1.29 is 13.5 Å². The van der Waals surface area contributed by atoms with E-state index in [1.165, 1.54) is 12.1 Å². The van der Waals surface area contributed by atoms with Gasteiger partial charge in [-0.15, -0.1) is 0 Å². The molecule has 0 fully saturated rings. The normalized spacial score (nSPS) is 12.8. The Balaban J connectivity index is 2.01. The van der Waals surface area contributed by atoms with Crippen LogP contribution < -0.4 is 4.74 Å². The maximum absolute atomic E-state index is 12.0. The van der Waals surface area contributed by atoms with E-state index in [4.69, 9.17) is 0 Å². The lowest BCUT2D eigenvalue weighted by atomic mass is 10.1. The summed E-state index contributed by atoms with van der Waals surface area (Å²) in [4.78, 5) is 4.44. The van der Waals surface area contributed by atoms with E-state index >= 15 is 0 Å². The molecule has 0 spiro atoms. The molecule has 2 nitrogen and oxygen atoms in total. The predicted octanol–water partition coefficient (Wildman–Crippen LogP) is 4.47. The van der Waals surface area contributed by atoms with E-state index in [0.29, 0.717) is 0 Å². The van der Waals surface area contributed by atoms with Crippen molar-refractivity contribution in [3.8, 4) is 5.75 Å². The molecule has 1 unspecified atom stereocenters. The highest BCUT2D eigenvalue weighted by atomic mass is 19.3. The van der Waals surface area contributed by atoms with Crippen LogP contribution in [0.15, 0.2) is 59.6 Å². The van der Waals surface area contributed by atoms with E-state index in [9.17, 15) is 8.78 Å². The second-order valence-electron chi connectivity index (χ2n) is 4.31. The van der Waals surface area contributed by atoms with Gasteiger partial charge in [0.1, 0.15) is 5.75 Å². The molecule has 0 amide bonds. The van der Waals surface area contributed by atoms with Crippen molar-refractivity contribution in [1.29, 1.82) is 0 Å². The van der Waals surface area contributed by atoms with Gasteiger partial charge in [-0.2, -0.15) is 8.78 Å². The Morgan fingerprint density at radius 1 is 1.00 bits per heavy atom. The summed E-state index contributed by atoms with van der Waals surface area (Å²) < 4.78 is 28.3. The molecule has 0 aliphatic carbocycles. The Bertz CT molecular complexity index is 552. The smallest absolute Gasteiger partial charge is 0.387 e. The van der Waals surface area contributed by atoms with Crippen LogP contribution in [0.1, 0.15) is 24.1 Å². The summed E-state index contributed by atoms with van der Waals surface area (Å²) >= 11 is 0. The van der Waals surface area contributed by atoms with Gasteiger partial charge in [0.15, 0.2) is 0 Å². The summed E-state index contributed by atoms with van der Waals surface area (Å²) in [5.41, 5.74) is 1.97. The molecule has 0 bridgehead atoms. The average molecular weight is 275 g/mol. The number of hydrogen-bond acceptors (Lipinski definition) is 2. The first-order valence-electron chi connectivity index (χ1n) is 6.28. The van der Waals surface area contributed by atoms with Crippen LogP contribution in [0.3, 0.4) is 0 Å². The number of alkyl halides is 2. The van der Waals surface area contributed by atoms with Crippen molar-refractivity contribution in [3.05, 3.63) is 65.7 Å². The van der Waals surface area contributed by atoms with Gasteiger partial charge in [0.05, 0.1) is 6.04 Å². The molecule has 4 heteroatoms. The van der Waals surface area contributed by atoms with E-state index in [-0.39, 0.29) is 11.8 Å². The largest absolute Gasteiger partial charge is 0.435 e. The first-order valence-corrected chi connectivity index (χ1v) is 6.28. The second-order valence-corrected chi connectivity index (χ2v) is 4.31. The van der Waals surface area contributed by atoms with E-state index in [2.05, 4.69) is 9.73 Å². The van der Waals surface area contributed by atoms with Crippen molar-refractivity contribution in [2.75, 3.05) is 0 Å². The molecule has 104 valence electrons. The van der Waals surface area contributed by atoms with Gasteiger partial charge >= 0.3 is 6.61 Å². The van der Waals surface area contributed by atoms with Gasteiger partial charge in [-0.1, -0.05) is 30.3 Å². The monoisotopic (exact) mass is 275 g/mol. The minimum Gasteiger partial charge on any atom is -0.435 e. The first kappa shape index (κ1) is 14.2. The van der Waals surface area contributed by atoms with Gasteiger partial charge in [0.2, 0.25) is 0 Å². The number of hydrogen-bond donors (Lipinski definition) is 0. The molecule has 0 radical (unpaired) electrons. The number of halogens is 2. The van der Waals surface area contributed by atoms with Gasteiger partial charge in [0.25, 0.3) is 0 Å². The number of aliphatic imine (C=N–C) groups is 1. The van der Waals surface area contributed by atoms with Gasteiger partial charge in [0, 0.05) is 6.21 Å². The minimum atomic E-state index is -2.80. The Morgan fingerprint density at radius 2 is 1.65 bits per heavy atom. The molecular weight excluding hydrogens is 260 g/mol. The van der Waals surface area contributed by atoms with Gasteiger partial charge in [-0.05, 0) is 42.3 Å². The summed E-state index contributed by atoms with van der Waals surface area (Å²) in [5.74, 6) is 0.147. The summed E-state index contributed by atoms with van der Waals surface area (Å²) in [6, 6.07) is 16.4. The van der Waals surface area contributed by atoms with Crippen molar-refractivity contribution in [2.45, 2.75) is 19.6 Å². The zero-order valence-corrected chi connectivity index (χ0v) is 11.0. The van der Waals surface area contributed by atoms with Gasteiger partial charge < -0.3 is 4.74 Å². The summed E-state index contributed by atoms with van der Waals surface area (Å²) in [5, 5.41) is 0. The quantitative estimate of drug-likeness (QED) is 0.738. The highest BCUT2D eigenvalue weighted by Crippen LogP contribution is 2.17. The summed E-state index contributed by atoms with van der Waals surface area (Å²) in [6.45, 7) is -0.798. The third-order valence-corrected chi connectivity index (χ3v) is 2.83. The number of nitrogens with zero attached hydrogens (tertiary/aromatic N) is 1. The van der Waals surface area contributed by atoms with E-state index < -0.39 is 6.61 Å². The molecule has 0 aliphatic heterocycles. The fourth-order valence-electron chi connectivity index (χ4n) is 1.75. The summed E-state index contributed by atoms with van der Waals surface area (Å²) in [6.07, 6.45) is 1.73. The summed E-state index contributed by atoms with van der Waals surface area (Å²) in [7, 11) is 0. The lowest BCUT2D eigenvalue weighted by Gasteiger charge is -2.06. The first-order chi connectivity index (χ1) is 9.65. The van der Waals surface area contributed by atoms with Crippen LogP contribution in [0.25, 0.3) is 0 Å². The number of benzene rings is 2. The Kier molecular flexibility index (Phi) is 4.82. The van der Waals surface area contributed by atoms with Crippen molar-refractivity contribution in [3.63, 3.8) is 0 Å². The number of rotatable bonds is 5. The molecule has 0 aliphatic rings. The molecule has 0 heterocycles. The van der Waals surface area contributed by atoms with Gasteiger partial charge in [-0.25, -0.2) is 0 Å². The van der Waals surface area contributed by atoms with Crippen molar-refractivity contribution >= 4 is 6.21 Å². The van der Waals surface area contributed by atoms with Crippen molar-refractivity contribution in [2.24, 2.45) is 4.99 Å². The fraction of sp³-hybridized carbons (Fsp3) is 0.188. The molecule has 0 N–H and O–H groups in total. The highest BCUT2D eigenvalue weighted by Gasteiger charge is 2.03. The third kappa shape index (κ3) is 4.16. The topological polar surface area (TPSA) is 21.6 Å². The van der Waals surface area contributed by atoms with Crippen LogP contribution >= 0.6 is 0 Å². The molecule has 2 aromatic carbocycles. The standard InChI is InChI=1S/C16H15F2NO/c1-12(14-5-3-2-4-6-14)19-11-13-7-9-15(10-8-13)20-16(17)18/h2-12,16H,1H3. The molecule has 2 aromatic rings. The molecule has 2 rings (SSSR count). The molecular formula is C16H15F2NO. The Hall–Kier alpha value is -2.23. The molecule has 20 heavy (non-hydrogen) atoms. The molecule has 1 atom stereocenters. The molecule has 0 saturated carbocycles. The SMILES string of the molecule is CC(N=Cc1ccc(OC(F)F)cc1)c1ccccc1. The van der Waals surface area contributed by atoms with Crippen LogP contribution in [-0.2, 0) is 0 Å². The Morgan fingerprint density at radius 3 is 2.25 bits per heavy atom. The fourth-order valence-corrected chi connectivity index (χ4v) is 1.75. The van der Waals surface area contributed by atoms with Crippen LogP contribution in [0.5, 0.6) is 5.75 Å². The third-order valence-electron chi connectivity index (χ3n) is 2.83. The lowest BCUT2D eigenvalue weighted by molar-refractivity contribution is -0.0498. The van der Waals surface area contributed by atoms with Crippen LogP contribution in [0, 0.1) is 0 Å². The van der Waals surface area contributed by atoms with E-state index in [1.54, 1.807) is 18.3 Å². The van der Waals surface area contributed by atoms with E-state index in [1.807, 2.05) is 37.3 Å². The van der Waals surface area contributed by atoms with E-state index in [0.717, 1.165) is 11.1 Å². The molecule has 0 aromatic heterocycles. The number of ether oxygens (including phenoxy) is 1.